The van der Waals surface area contributed by atoms with Crippen LogP contribution in [0, 0.1) is 6.92 Å². The Morgan fingerprint density at radius 1 is 1.36 bits per heavy atom. The summed E-state index contributed by atoms with van der Waals surface area (Å²) in [5.41, 5.74) is 1.99. The molecule has 0 fully saturated rings. The van der Waals surface area contributed by atoms with Crippen molar-refractivity contribution in [2.45, 2.75) is 13.3 Å². The third-order valence-corrected chi connectivity index (χ3v) is 3.68. The van der Waals surface area contributed by atoms with Crippen molar-refractivity contribution in [3.63, 3.8) is 0 Å². The maximum atomic E-state index is 11.8. The summed E-state index contributed by atoms with van der Waals surface area (Å²) in [7, 11) is 0. The van der Waals surface area contributed by atoms with Crippen molar-refractivity contribution < 1.29 is 4.79 Å². The zero-order valence-electron chi connectivity index (χ0n) is 7.82. The third-order valence-electron chi connectivity index (χ3n) is 2.10. The number of aryl methyl sites for hydroxylation is 1. The Morgan fingerprint density at radius 2 is 2.21 bits per heavy atom. The maximum Gasteiger partial charge on any atom is 0.168 e. The van der Waals surface area contributed by atoms with Gasteiger partial charge in [-0.25, -0.2) is 0 Å². The van der Waals surface area contributed by atoms with Gasteiger partial charge >= 0.3 is 0 Å². The van der Waals surface area contributed by atoms with Crippen molar-refractivity contribution in [1.29, 1.82) is 0 Å². The average Bonchev–Trinajstić information content (AvgIpc) is 2.75. The van der Waals surface area contributed by atoms with Gasteiger partial charge in [0.05, 0.1) is 0 Å². The Bertz CT molecular complexity index is 426. The number of carbonyl (C=O) groups excluding carboxylic acids is 1. The Labute approximate surface area is 91.0 Å². The molecule has 2 aromatic rings. The normalized spacial score (nSPS) is 10.4. The van der Waals surface area contributed by atoms with Crippen LogP contribution in [0.3, 0.4) is 0 Å². The number of carbonyl (C=O) groups is 1. The summed E-state index contributed by atoms with van der Waals surface area (Å²) in [6.07, 6.45) is 0.529. The maximum absolute atomic E-state index is 11.8. The molecule has 0 unspecified atom stereocenters. The molecule has 0 saturated carbocycles. The minimum absolute atomic E-state index is 0.224. The number of hydrogen-bond donors (Lipinski definition) is 0. The van der Waals surface area contributed by atoms with E-state index in [2.05, 4.69) is 0 Å². The molecule has 0 aliphatic rings. The highest BCUT2D eigenvalue weighted by molar-refractivity contribution is 7.10. The lowest BCUT2D eigenvalue weighted by atomic mass is 10.1. The van der Waals surface area contributed by atoms with E-state index in [0.717, 1.165) is 16.0 Å². The summed E-state index contributed by atoms with van der Waals surface area (Å²) in [5, 5.41) is 6.00. The van der Waals surface area contributed by atoms with E-state index in [0.29, 0.717) is 6.42 Å². The molecule has 2 heterocycles. The quantitative estimate of drug-likeness (QED) is 0.726. The minimum atomic E-state index is 0.224. The molecule has 0 radical (unpaired) electrons. The van der Waals surface area contributed by atoms with E-state index in [1.807, 2.05) is 35.2 Å². The monoisotopic (exact) mass is 222 g/mol. The fraction of sp³-hybridized carbons (Fsp3) is 0.182. The molecule has 14 heavy (non-hydrogen) atoms. The van der Waals surface area contributed by atoms with E-state index >= 15 is 0 Å². The Kier molecular flexibility index (Phi) is 2.79. The van der Waals surface area contributed by atoms with Gasteiger partial charge in [0.2, 0.25) is 0 Å². The summed E-state index contributed by atoms with van der Waals surface area (Å²) in [6, 6.07) is 3.92. The Hall–Kier alpha value is -0.930. The highest BCUT2D eigenvalue weighted by atomic mass is 32.1. The van der Waals surface area contributed by atoms with Crippen LogP contribution in [0.2, 0.25) is 0 Å². The second-order valence-electron chi connectivity index (χ2n) is 3.12. The van der Waals surface area contributed by atoms with Crippen LogP contribution < -0.4 is 0 Å². The van der Waals surface area contributed by atoms with Crippen LogP contribution >= 0.6 is 22.7 Å². The van der Waals surface area contributed by atoms with Crippen LogP contribution in [0.5, 0.6) is 0 Å². The average molecular weight is 222 g/mol. The lowest BCUT2D eigenvalue weighted by Gasteiger charge is -1.97. The van der Waals surface area contributed by atoms with Gasteiger partial charge in [0.1, 0.15) is 0 Å². The molecule has 72 valence electrons. The minimum Gasteiger partial charge on any atom is -0.294 e. The molecule has 0 bridgehead atoms. The number of rotatable bonds is 3. The molecule has 0 N–H and O–H groups in total. The summed E-state index contributed by atoms with van der Waals surface area (Å²) in [4.78, 5) is 12.9. The Balaban J connectivity index is 2.14. The van der Waals surface area contributed by atoms with Gasteiger partial charge in [0, 0.05) is 16.9 Å². The van der Waals surface area contributed by atoms with Crippen LogP contribution in [0.1, 0.15) is 20.8 Å². The summed E-state index contributed by atoms with van der Waals surface area (Å²) in [6.45, 7) is 1.99. The van der Waals surface area contributed by atoms with E-state index in [-0.39, 0.29) is 5.78 Å². The van der Waals surface area contributed by atoms with Gasteiger partial charge in [-0.05, 0) is 40.8 Å². The van der Waals surface area contributed by atoms with Crippen molar-refractivity contribution in [2.24, 2.45) is 0 Å². The second-order valence-corrected chi connectivity index (χ2v) is 5.02. The van der Waals surface area contributed by atoms with Crippen LogP contribution in [0.4, 0.5) is 0 Å². The predicted octanol–water partition coefficient (Wildman–Crippen LogP) is 3.54. The highest BCUT2D eigenvalue weighted by Crippen LogP contribution is 2.18. The predicted molar refractivity (Wildman–Crippen MR) is 61.4 cm³/mol. The van der Waals surface area contributed by atoms with E-state index in [9.17, 15) is 4.79 Å². The first-order valence-corrected chi connectivity index (χ1v) is 6.18. The number of ketones is 1. The fourth-order valence-corrected chi connectivity index (χ4v) is 2.73. The fourth-order valence-electron chi connectivity index (χ4n) is 1.35. The molecule has 3 heteroatoms. The second kappa shape index (κ2) is 4.07. The lowest BCUT2D eigenvalue weighted by Crippen LogP contribution is -2.02. The Morgan fingerprint density at radius 3 is 2.79 bits per heavy atom. The zero-order chi connectivity index (χ0) is 9.97. The first kappa shape index (κ1) is 9.62. The molecule has 0 spiro atoms. The van der Waals surface area contributed by atoms with Gasteiger partial charge in [-0.1, -0.05) is 0 Å². The molecule has 0 aliphatic carbocycles. The molecule has 2 rings (SSSR count). The lowest BCUT2D eigenvalue weighted by molar-refractivity contribution is 0.0993. The van der Waals surface area contributed by atoms with Crippen molar-refractivity contribution in [2.75, 3.05) is 0 Å². The van der Waals surface area contributed by atoms with Crippen LogP contribution in [0.25, 0.3) is 0 Å². The van der Waals surface area contributed by atoms with E-state index in [1.165, 1.54) is 0 Å². The number of Topliss-reactive ketones (excluding diaryl/α,β-unsaturated/α-hetero) is 1. The van der Waals surface area contributed by atoms with Crippen molar-refractivity contribution >= 4 is 28.5 Å². The SMILES string of the molecule is Cc1sccc1C(=O)Cc1ccsc1. The summed E-state index contributed by atoms with van der Waals surface area (Å²) >= 11 is 3.26. The van der Waals surface area contributed by atoms with Gasteiger partial charge in [-0.15, -0.1) is 11.3 Å². The molecular formula is C11H10OS2. The molecule has 0 aliphatic heterocycles. The van der Waals surface area contributed by atoms with E-state index in [1.54, 1.807) is 22.7 Å². The molecule has 2 aromatic heterocycles. The van der Waals surface area contributed by atoms with Crippen LogP contribution in [0.15, 0.2) is 28.3 Å². The van der Waals surface area contributed by atoms with Crippen molar-refractivity contribution in [3.8, 4) is 0 Å². The third kappa shape index (κ3) is 1.94. The van der Waals surface area contributed by atoms with Crippen molar-refractivity contribution in [1.82, 2.24) is 0 Å². The van der Waals surface area contributed by atoms with Crippen LogP contribution in [-0.4, -0.2) is 5.78 Å². The van der Waals surface area contributed by atoms with Crippen LogP contribution in [-0.2, 0) is 6.42 Å². The zero-order valence-corrected chi connectivity index (χ0v) is 9.45. The summed E-state index contributed by atoms with van der Waals surface area (Å²) in [5.74, 6) is 0.224. The van der Waals surface area contributed by atoms with Gasteiger partial charge < -0.3 is 0 Å². The standard InChI is InChI=1S/C11H10OS2/c1-8-10(3-5-14-8)11(12)6-9-2-4-13-7-9/h2-5,7H,6H2,1H3. The molecule has 1 nitrogen and oxygen atoms in total. The van der Waals surface area contributed by atoms with Gasteiger partial charge in [0.15, 0.2) is 5.78 Å². The summed E-state index contributed by atoms with van der Waals surface area (Å²) < 4.78 is 0. The van der Waals surface area contributed by atoms with Gasteiger partial charge in [-0.3, -0.25) is 4.79 Å². The molecule has 0 atom stereocenters. The van der Waals surface area contributed by atoms with Crippen molar-refractivity contribution in [3.05, 3.63) is 44.3 Å². The smallest absolute Gasteiger partial charge is 0.168 e. The molecular weight excluding hydrogens is 212 g/mol. The highest BCUT2D eigenvalue weighted by Gasteiger charge is 2.10. The first-order chi connectivity index (χ1) is 6.77. The topological polar surface area (TPSA) is 17.1 Å². The van der Waals surface area contributed by atoms with Gasteiger partial charge in [0.25, 0.3) is 0 Å². The largest absolute Gasteiger partial charge is 0.294 e. The molecule has 0 amide bonds. The van der Waals surface area contributed by atoms with Gasteiger partial charge in [-0.2, -0.15) is 11.3 Å². The number of thiophene rings is 2. The molecule has 0 saturated heterocycles. The van der Waals surface area contributed by atoms with E-state index in [4.69, 9.17) is 0 Å². The first-order valence-electron chi connectivity index (χ1n) is 4.36. The van der Waals surface area contributed by atoms with E-state index < -0.39 is 0 Å². The number of hydrogen-bond acceptors (Lipinski definition) is 3. The molecule has 0 aromatic carbocycles.